The Kier molecular flexibility index (Phi) is 5.78. The van der Waals surface area contributed by atoms with E-state index in [1.807, 2.05) is 4.90 Å². The Morgan fingerprint density at radius 2 is 1.83 bits per heavy atom. The van der Waals surface area contributed by atoms with E-state index in [4.69, 9.17) is 11.6 Å². The van der Waals surface area contributed by atoms with Crippen LogP contribution in [0.5, 0.6) is 0 Å². The molecule has 0 bridgehead atoms. The maximum atomic E-state index is 14.8. The highest BCUT2D eigenvalue weighted by Gasteiger charge is 2.59. The number of piperidine rings is 1. The predicted molar refractivity (Wildman–Crippen MR) is 151 cm³/mol. The number of carbonyl (C=O) groups excluding carboxylic acids is 3. The lowest BCUT2D eigenvalue weighted by molar-refractivity contribution is -0.136. The van der Waals surface area contributed by atoms with Crippen molar-refractivity contribution in [2.75, 3.05) is 31.1 Å². The van der Waals surface area contributed by atoms with E-state index in [0.717, 1.165) is 31.2 Å². The summed E-state index contributed by atoms with van der Waals surface area (Å²) >= 11 is 6.56. The predicted octanol–water partition coefficient (Wildman–Crippen LogP) is 4.45. The molecule has 3 aromatic rings. The van der Waals surface area contributed by atoms with Crippen molar-refractivity contribution in [1.82, 2.24) is 25.0 Å². The minimum Gasteiger partial charge on any atom is -0.337 e. The molecule has 11 heteroatoms. The van der Waals surface area contributed by atoms with Gasteiger partial charge in [0.1, 0.15) is 23.6 Å². The topological polar surface area (TPSA) is 102 Å². The zero-order valence-corrected chi connectivity index (χ0v) is 23.9. The van der Waals surface area contributed by atoms with Gasteiger partial charge in [-0.2, -0.15) is 5.10 Å². The van der Waals surface area contributed by atoms with Gasteiger partial charge in [0.15, 0.2) is 0 Å². The van der Waals surface area contributed by atoms with Crippen LogP contribution in [0.1, 0.15) is 68.4 Å². The van der Waals surface area contributed by atoms with Crippen LogP contribution in [0.2, 0.25) is 5.02 Å². The number of H-pyrrole nitrogens is 1. The first kappa shape index (κ1) is 26.4. The second-order valence-electron chi connectivity index (χ2n) is 12.5. The Morgan fingerprint density at radius 1 is 1.05 bits per heavy atom. The molecule has 1 aliphatic carbocycles. The number of aromatic amines is 1. The fraction of sp³-hybridized carbons (Fsp3) is 0.500. The molecule has 1 N–H and O–H groups in total. The molecule has 1 aromatic carbocycles. The maximum absolute atomic E-state index is 14.8. The van der Waals surface area contributed by atoms with E-state index in [2.05, 4.69) is 29.0 Å². The molecule has 5 heterocycles. The number of halogens is 2. The number of aromatic nitrogens is 3. The maximum Gasteiger partial charge on any atom is 0.272 e. The van der Waals surface area contributed by atoms with Gasteiger partial charge in [0.25, 0.3) is 5.91 Å². The largest absolute Gasteiger partial charge is 0.337 e. The van der Waals surface area contributed by atoms with Gasteiger partial charge >= 0.3 is 0 Å². The van der Waals surface area contributed by atoms with Crippen molar-refractivity contribution >= 4 is 46.0 Å². The summed E-state index contributed by atoms with van der Waals surface area (Å²) in [7, 11) is 0. The monoisotopic (exact) mass is 578 g/mol. The number of hydrogen-bond acceptors (Lipinski definition) is 5. The molecule has 3 fully saturated rings. The van der Waals surface area contributed by atoms with Gasteiger partial charge in [-0.3, -0.25) is 19.5 Å². The molecule has 2 aromatic heterocycles. The quantitative estimate of drug-likeness (QED) is 0.495. The van der Waals surface area contributed by atoms with Gasteiger partial charge < -0.3 is 14.7 Å². The fourth-order valence-corrected chi connectivity index (χ4v) is 8.34. The summed E-state index contributed by atoms with van der Waals surface area (Å²) in [6.07, 6.45) is 6.18. The number of fused-ring (bicyclic) bond motifs is 4. The number of likely N-dealkylation sites (tertiary alicyclic amines) is 2. The summed E-state index contributed by atoms with van der Waals surface area (Å²) in [5, 5.41) is 6.69. The number of benzene rings is 1. The number of anilines is 1. The Balaban J connectivity index is 1.16. The van der Waals surface area contributed by atoms with Gasteiger partial charge in [-0.05, 0) is 68.7 Å². The van der Waals surface area contributed by atoms with Gasteiger partial charge in [0, 0.05) is 30.7 Å². The Bertz CT molecular complexity index is 1620. The van der Waals surface area contributed by atoms with Gasteiger partial charge in [-0.25, -0.2) is 9.37 Å². The lowest BCUT2D eigenvalue weighted by Crippen LogP contribution is -2.54. The van der Waals surface area contributed by atoms with Crippen LogP contribution >= 0.6 is 11.6 Å². The van der Waals surface area contributed by atoms with E-state index in [-0.39, 0.29) is 66.2 Å². The molecule has 7 rings (SSSR count). The van der Waals surface area contributed by atoms with Crippen LogP contribution in [0.4, 0.5) is 10.1 Å². The van der Waals surface area contributed by atoms with Gasteiger partial charge in [0.05, 0.1) is 27.8 Å². The summed E-state index contributed by atoms with van der Waals surface area (Å²) < 4.78 is 14.8. The first-order chi connectivity index (χ1) is 19.6. The van der Waals surface area contributed by atoms with E-state index in [0.29, 0.717) is 29.0 Å². The first-order valence-corrected chi connectivity index (χ1v) is 14.7. The molecule has 3 amide bonds. The molecule has 0 radical (unpaired) electrons. The van der Waals surface area contributed by atoms with Crippen LogP contribution in [-0.4, -0.2) is 74.4 Å². The van der Waals surface area contributed by atoms with E-state index >= 15 is 0 Å². The number of carbonyl (C=O) groups is 3. The van der Waals surface area contributed by atoms with Gasteiger partial charge in [-0.1, -0.05) is 24.9 Å². The molecule has 214 valence electrons. The third kappa shape index (κ3) is 3.62. The number of hydrogen-bond donors (Lipinski definition) is 1. The molecule has 3 aliphatic heterocycles. The molecular weight excluding hydrogens is 547 g/mol. The third-order valence-electron chi connectivity index (χ3n) is 10.7. The first-order valence-electron chi connectivity index (χ1n) is 14.3. The molecule has 2 unspecified atom stereocenters. The Morgan fingerprint density at radius 3 is 2.61 bits per heavy atom. The van der Waals surface area contributed by atoms with Crippen LogP contribution in [0.15, 0.2) is 30.5 Å². The molecule has 41 heavy (non-hydrogen) atoms. The number of nitrogens with one attached hydrogen (secondary N) is 1. The molecule has 2 saturated heterocycles. The van der Waals surface area contributed by atoms with Crippen molar-refractivity contribution in [2.45, 2.75) is 63.3 Å². The molecule has 4 aliphatic rings. The van der Waals surface area contributed by atoms with Crippen molar-refractivity contribution in [3.63, 3.8) is 0 Å². The number of amides is 3. The van der Waals surface area contributed by atoms with Crippen LogP contribution in [-0.2, 0) is 15.0 Å². The van der Waals surface area contributed by atoms with Crippen molar-refractivity contribution in [1.29, 1.82) is 0 Å². The second-order valence-corrected chi connectivity index (χ2v) is 12.9. The zero-order chi connectivity index (χ0) is 28.7. The zero-order valence-electron chi connectivity index (χ0n) is 23.2. The lowest BCUT2D eigenvalue weighted by Gasteiger charge is -2.41. The highest BCUT2D eigenvalue weighted by molar-refractivity contribution is 6.33. The van der Waals surface area contributed by atoms with Crippen LogP contribution in [0, 0.1) is 11.2 Å². The van der Waals surface area contributed by atoms with Crippen LogP contribution in [0.3, 0.4) is 0 Å². The van der Waals surface area contributed by atoms with Crippen molar-refractivity contribution < 1.29 is 18.8 Å². The molecule has 1 spiro atoms. The average molecular weight is 579 g/mol. The molecule has 9 nitrogen and oxygen atoms in total. The van der Waals surface area contributed by atoms with Gasteiger partial charge in [-0.15, -0.1) is 0 Å². The summed E-state index contributed by atoms with van der Waals surface area (Å²) in [4.78, 5) is 50.9. The van der Waals surface area contributed by atoms with Gasteiger partial charge in [0.2, 0.25) is 11.8 Å². The molecule has 1 saturated carbocycles. The molecule has 2 atom stereocenters. The molecular formula is C30H32ClFN6O3. The SMILES string of the molecule is CC12CCCC1(C)N(C(=O)CN1C(=O)C3(CCN(C(=O)c4ccc5[nH]ncc5n4)CC3)c3c1ccc(F)c3Cl)CC2. The Labute approximate surface area is 242 Å². The van der Waals surface area contributed by atoms with E-state index in [1.54, 1.807) is 29.3 Å². The highest BCUT2D eigenvalue weighted by Crippen LogP contribution is 2.56. The average Bonchev–Trinajstić information content (AvgIpc) is 3.67. The number of pyridine rings is 1. The van der Waals surface area contributed by atoms with E-state index in [9.17, 15) is 18.8 Å². The fourth-order valence-electron chi connectivity index (χ4n) is 7.99. The minimum atomic E-state index is -1.11. The standard InChI is InChI=1S/C30H32ClFN6O3/c1-28-8-3-9-29(28,2)38(15-10-28)23(39)17-37-22-7-4-18(32)25(31)24(22)30(27(37)41)11-13-36(14-12-30)26(40)20-6-5-19-21(34-20)16-33-35-19/h4-7,16H,3,8-15,17H2,1-2H3,(H,33,35). The Hall–Kier alpha value is -3.53. The van der Waals surface area contributed by atoms with Crippen molar-refractivity contribution in [3.8, 4) is 0 Å². The van der Waals surface area contributed by atoms with Crippen molar-refractivity contribution in [2.24, 2.45) is 5.41 Å². The summed E-state index contributed by atoms with van der Waals surface area (Å²) in [6, 6.07) is 6.23. The van der Waals surface area contributed by atoms with E-state index in [1.165, 1.54) is 11.0 Å². The highest BCUT2D eigenvalue weighted by atomic mass is 35.5. The van der Waals surface area contributed by atoms with Crippen LogP contribution in [0.25, 0.3) is 11.0 Å². The number of nitrogens with zero attached hydrogens (tertiary/aromatic N) is 5. The smallest absolute Gasteiger partial charge is 0.272 e. The lowest BCUT2D eigenvalue weighted by atomic mass is 9.73. The summed E-state index contributed by atoms with van der Waals surface area (Å²) in [5.74, 6) is -1.19. The second kappa shape index (κ2) is 8.98. The summed E-state index contributed by atoms with van der Waals surface area (Å²) in [5.41, 5.74) is 1.29. The minimum absolute atomic E-state index is 0.0829. The van der Waals surface area contributed by atoms with E-state index < -0.39 is 11.2 Å². The normalized spacial score (nSPS) is 26.7. The van der Waals surface area contributed by atoms with Crippen molar-refractivity contribution in [3.05, 3.63) is 52.6 Å². The number of rotatable bonds is 3. The summed E-state index contributed by atoms with van der Waals surface area (Å²) in [6.45, 7) is 5.53. The third-order valence-corrected chi connectivity index (χ3v) is 11.1. The van der Waals surface area contributed by atoms with Crippen LogP contribution < -0.4 is 4.90 Å².